The van der Waals surface area contributed by atoms with Gasteiger partial charge < -0.3 is 10.1 Å². The summed E-state index contributed by atoms with van der Waals surface area (Å²) < 4.78 is 5.04. The van der Waals surface area contributed by atoms with Crippen LogP contribution in [-0.4, -0.2) is 18.0 Å². The van der Waals surface area contributed by atoms with Crippen LogP contribution in [0, 0.1) is 0 Å². The zero-order valence-electron chi connectivity index (χ0n) is 13.8. The van der Waals surface area contributed by atoms with Crippen LogP contribution >= 0.6 is 23.1 Å². The molecular formula is C19H18N2O2S2. The van der Waals surface area contributed by atoms with Crippen LogP contribution in [-0.2, 0) is 12.3 Å². The van der Waals surface area contributed by atoms with Gasteiger partial charge in [-0.3, -0.25) is 4.79 Å². The molecule has 128 valence electrons. The second-order valence-electron chi connectivity index (χ2n) is 5.26. The molecule has 0 fully saturated rings. The van der Waals surface area contributed by atoms with E-state index in [4.69, 9.17) is 4.74 Å². The summed E-state index contributed by atoms with van der Waals surface area (Å²) in [6.07, 6.45) is 1.70. The Morgan fingerprint density at radius 1 is 1.20 bits per heavy atom. The van der Waals surface area contributed by atoms with Crippen molar-refractivity contribution in [1.29, 1.82) is 0 Å². The minimum Gasteiger partial charge on any atom is -0.481 e. The number of benzene rings is 1. The Morgan fingerprint density at radius 2 is 2.08 bits per heavy atom. The summed E-state index contributed by atoms with van der Waals surface area (Å²) in [5.41, 5.74) is 1.63. The van der Waals surface area contributed by atoms with Gasteiger partial charge in [-0.2, -0.15) is 0 Å². The molecule has 2 aromatic heterocycles. The number of hydrogen-bond acceptors (Lipinski definition) is 5. The third-order valence-corrected chi connectivity index (χ3v) is 5.72. The number of carbonyl (C=O) groups excluding carboxylic acids is 1. The summed E-state index contributed by atoms with van der Waals surface area (Å²) in [5, 5.41) is 5.02. The lowest BCUT2D eigenvalue weighted by molar-refractivity contribution is 0.0948. The molecule has 3 rings (SSSR count). The van der Waals surface area contributed by atoms with Crippen molar-refractivity contribution in [3.05, 3.63) is 76.1 Å². The van der Waals surface area contributed by atoms with Crippen molar-refractivity contribution in [3.8, 4) is 5.88 Å². The lowest BCUT2D eigenvalue weighted by Crippen LogP contribution is -2.23. The minimum atomic E-state index is -0.0786. The van der Waals surface area contributed by atoms with E-state index in [2.05, 4.69) is 21.7 Å². The van der Waals surface area contributed by atoms with Crippen LogP contribution in [0.3, 0.4) is 0 Å². The number of nitrogens with zero attached hydrogens (tertiary/aromatic N) is 1. The normalized spacial score (nSPS) is 10.4. The van der Waals surface area contributed by atoms with Gasteiger partial charge in [0.05, 0.1) is 12.7 Å². The van der Waals surface area contributed by atoms with E-state index < -0.39 is 0 Å². The van der Waals surface area contributed by atoms with Gasteiger partial charge in [-0.25, -0.2) is 4.98 Å². The van der Waals surface area contributed by atoms with Crippen LogP contribution in [0.2, 0.25) is 0 Å². The number of pyridine rings is 1. The molecule has 0 aliphatic rings. The van der Waals surface area contributed by atoms with Crippen molar-refractivity contribution in [1.82, 2.24) is 10.3 Å². The maximum absolute atomic E-state index is 12.6. The highest BCUT2D eigenvalue weighted by Crippen LogP contribution is 2.28. The summed E-state index contributed by atoms with van der Waals surface area (Å²) in [4.78, 5) is 19.0. The topological polar surface area (TPSA) is 51.2 Å². The SMILES string of the molecule is COc1ccc(CNC(=O)c2ccccc2SCc2cccs2)cn1. The highest BCUT2D eigenvalue weighted by molar-refractivity contribution is 7.98. The molecule has 0 unspecified atom stereocenters. The smallest absolute Gasteiger partial charge is 0.252 e. The number of methoxy groups -OCH3 is 1. The summed E-state index contributed by atoms with van der Waals surface area (Å²) in [5.74, 6) is 1.35. The molecule has 4 nitrogen and oxygen atoms in total. The molecule has 0 saturated heterocycles. The first-order valence-electron chi connectivity index (χ1n) is 7.77. The van der Waals surface area contributed by atoms with E-state index in [0.29, 0.717) is 18.0 Å². The summed E-state index contributed by atoms with van der Waals surface area (Å²) in [6, 6.07) is 15.5. The molecule has 25 heavy (non-hydrogen) atoms. The Bertz CT molecular complexity index is 818. The van der Waals surface area contributed by atoms with Crippen LogP contribution in [0.4, 0.5) is 0 Å². The van der Waals surface area contributed by atoms with Crippen molar-refractivity contribution in [2.24, 2.45) is 0 Å². The molecule has 0 bridgehead atoms. The first-order chi connectivity index (χ1) is 12.3. The maximum Gasteiger partial charge on any atom is 0.252 e. The lowest BCUT2D eigenvalue weighted by atomic mass is 10.2. The van der Waals surface area contributed by atoms with Crippen molar-refractivity contribution >= 4 is 29.0 Å². The van der Waals surface area contributed by atoms with Crippen LogP contribution in [0.1, 0.15) is 20.8 Å². The molecular weight excluding hydrogens is 352 g/mol. The monoisotopic (exact) mass is 370 g/mol. The summed E-state index contributed by atoms with van der Waals surface area (Å²) in [7, 11) is 1.58. The lowest BCUT2D eigenvalue weighted by Gasteiger charge is -2.10. The van der Waals surface area contributed by atoms with Crippen molar-refractivity contribution in [2.75, 3.05) is 7.11 Å². The predicted octanol–water partition coefficient (Wildman–Crippen LogP) is 4.37. The summed E-state index contributed by atoms with van der Waals surface area (Å²) in [6.45, 7) is 0.430. The zero-order chi connectivity index (χ0) is 17.5. The zero-order valence-corrected chi connectivity index (χ0v) is 15.4. The van der Waals surface area contributed by atoms with Gasteiger partial charge in [0.25, 0.3) is 5.91 Å². The van der Waals surface area contributed by atoms with Crippen molar-refractivity contribution < 1.29 is 9.53 Å². The van der Waals surface area contributed by atoms with E-state index >= 15 is 0 Å². The fraction of sp³-hybridized carbons (Fsp3) is 0.158. The Hall–Kier alpha value is -2.31. The van der Waals surface area contributed by atoms with Gasteiger partial charge in [-0.05, 0) is 29.1 Å². The Labute approximate surface area is 155 Å². The molecule has 6 heteroatoms. The third-order valence-electron chi connectivity index (χ3n) is 3.54. The molecule has 0 saturated carbocycles. The molecule has 0 aliphatic heterocycles. The number of rotatable bonds is 7. The van der Waals surface area contributed by atoms with E-state index in [1.54, 1.807) is 42.5 Å². The number of carbonyl (C=O) groups is 1. The number of thioether (sulfide) groups is 1. The molecule has 3 aromatic rings. The Kier molecular flexibility index (Phi) is 6.09. The van der Waals surface area contributed by atoms with E-state index in [-0.39, 0.29) is 5.91 Å². The molecule has 1 N–H and O–H groups in total. The highest BCUT2D eigenvalue weighted by atomic mass is 32.2. The van der Waals surface area contributed by atoms with E-state index in [0.717, 1.165) is 16.2 Å². The van der Waals surface area contributed by atoms with E-state index in [1.165, 1.54) is 4.88 Å². The van der Waals surface area contributed by atoms with Crippen LogP contribution in [0.25, 0.3) is 0 Å². The van der Waals surface area contributed by atoms with Gasteiger partial charge in [0, 0.05) is 34.3 Å². The van der Waals surface area contributed by atoms with Gasteiger partial charge in [0.2, 0.25) is 5.88 Å². The molecule has 0 spiro atoms. The Balaban J connectivity index is 1.62. The second-order valence-corrected chi connectivity index (χ2v) is 7.31. The van der Waals surface area contributed by atoms with Crippen molar-refractivity contribution in [2.45, 2.75) is 17.2 Å². The van der Waals surface area contributed by atoms with Gasteiger partial charge in [-0.1, -0.05) is 24.3 Å². The van der Waals surface area contributed by atoms with E-state index in [1.807, 2.05) is 36.4 Å². The molecule has 0 aliphatic carbocycles. The highest BCUT2D eigenvalue weighted by Gasteiger charge is 2.11. The van der Waals surface area contributed by atoms with Gasteiger partial charge in [0.1, 0.15) is 0 Å². The fourth-order valence-electron chi connectivity index (χ4n) is 2.24. The van der Waals surface area contributed by atoms with Gasteiger partial charge in [-0.15, -0.1) is 23.1 Å². The summed E-state index contributed by atoms with van der Waals surface area (Å²) >= 11 is 3.41. The molecule has 1 aromatic carbocycles. The average molecular weight is 370 g/mol. The number of nitrogens with one attached hydrogen (secondary N) is 1. The number of thiophene rings is 1. The van der Waals surface area contributed by atoms with Crippen LogP contribution < -0.4 is 10.1 Å². The first-order valence-corrected chi connectivity index (χ1v) is 9.64. The number of amides is 1. The van der Waals surface area contributed by atoms with Crippen LogP contribution in [0.5, 0.6) is 5.88 Å². The number of hydrogen-bond donors (Lipinski definition) is 1. The second kappa shape index (κ2) is 8.69. The minimum absolute atomic E-state index is 0.0786. The quantitative estimate of drug-likeness (QED) is 0.627. The standard InChI is InChI=1S/C19H18N2O2S2/c1-23-18-9-8-14(11-20-18)12-21-19(22)16-6-2-3-7-17(16)25-13-15-5-4-10-24-15/h2-11H,12-13H2,1H3,(H,21,22). The van der Waals surface area contributed by atoms with Crippen LogP contribution in [0.15, 0.2) is 65.0 Å². The molecule has 0 radical (unpaired) electrons. The van der Waals surface area contributed by atoms with Gasteiger partial charge in [0.15, 0.2) is 0 Å². The molecule has 2 heterocycles. The fourth-order valence-corrected chi connectivity index (χ4v) is 4.06. The maximum atomic E-state index is 12.6. The average Bonchev–Trinajstić information content (AvgIpc) is 3.18. The van der Waals surface area contributed by atoms with Crippen molar-refractivity contribution in [3.63, 3.8) is 0 Å². The van der Waals surface area contributed by atoms with E-state index in [9.17, 15) is 4.79 Å². The number of ether oxygens (including phenoxy) is 1. The number of aromatic nitrogens is 1. The molecule has 0 atom stereocenters. The third kappa shape index (κ3) is 4.84. The Morgan fingerprint density at radius 3 is 2.80 bits per heavy atom. The first kappa shape index (κ1) is 17.5. The predicted molar refractivity (Wildman–Crippen MR) is 102 cm³/mol. The largest absolute Gasteiger partial charge is 0.481 e. The van der Waals surface area contributed by atoms with Gasteiger partial charge >= 0.3 is 0 Å². The molecule has 1 amide bonds.